The van der Waals surface area contributed by atoms with Crippen LogP contribution in [0.15, 0.2) is 30.6 Å². The summed E-state index contributed by atoms with van der Waals surface area (Å²) in [5, 5.41) is 6.98. The molecule has 6 heteroatoms. The van der Waals surface area contributed by atoms with Crippen molar-refractivity contribution in [1.29, 1.82) is 0 Å². The molecule has 0 saturated carbocycles. The van der Waals surface area contributed by atoms with Crippen LogP contribution in [0.3, 0.4) is 0 Å². The highest BCUT2D eigenvalue weighted by Crippen LogP contribution is 2.25. The molecule has 0 fully saturated rings. The summed E-state index contributed by atoms with van der Waals surface area (Å²) in [4.78, 5) is 12.1. The molecule has 3 N–H and O–H groups in total. The molecule has 106 valence electrons. The monoisotopic (exact) mass is 274 g/mol. The second-order valence-electron chi connectivity index (χ2n) is 4.46. The standard InChI is InChI=1S/C14H18N4O2/c1-10-8-17-18(9-10)7-6-16-14(19)11-4-3-5-12(15)13(11)20-2/h3-5,8-9H,6-7,15H2,1-2H3,(H,16,19). The maximum Gasteiger partial charge on any atom is 0.255 e. The molecule has 0 aliphatic heterocycles. The van der Waals surface area contributed by atoms with Gasteiger partial charge in [-0.1, -0.05) is 6.07 Å². The molecule has 1 amide bonds. The number of methoxy groups -OCH3 is 1. The topological polar surface area (TPSA) is 82.2 Å². The molecule has 0 radical (unpaired) electrons. The van der Waals surface area contributed by atoms with Crippen molar-refractivity contribution >= 4 is 11.6 Å². The molecule has 0 spiro atoms. The Balaban J connectivity index is 1.97. The number of nitrogen functional groups attached to an aromatic ring is 1. The van der Waals surface area contributed by atoms with Crippen LogP contribution in [0.4, 0.5) is 5.69 Å². The predicted octanol–water partition coefficient (Wildman–Crippen LogP) is 1.21. The van der Waals surface area contributed by atoms with Crippen LogP contribution in [0.5, 0.6) is 5.75 Å². The summed E-state index contributed by atoms with van der Waals surface area (Å²) < 4.78 is 6.95. The number of aromatic nitrogens is 2. The zero-order chi connectivity index (χ0) is 14.5. The summed E-state index contributed by atoms with van der Waals surface area (Å²) in [6.07, 6.45) is 3.70. The van der Waals surface area contributed by atoms with Crippen molar-refractivity contribution in [3.8, 4) is 5.75 Å². The number of ether oxygens (including phenoxy) is 1. The molecule has 1 heterocycles. The van der Waals surface area contributed by atoms with Gasteiger partial charge in [0, 0.05) is 12.7 Å². The Morgan fingerprint density at radius 1 is 1.50 bits per heavy atom. The average molecular weight is 274 g/mol. The van der Waals surface area contributed by atoms with Crippen LogP contribution < -0.4 is 15.8 Å². The maximum atomic E-state index is 12.1. The minimum Gasteiger partial charge on any atom is -0.494 e. The van der Waals surface area contributed by atoms with E-state index in [1.165, 1.54) is 7.11 Å². The fourth-order valence-electron chi connectivity index (χ4n) is 1.93. The summed E-state index contributed by atoms with van der Waals surface area (Å²) in [5.41, 5.74) is 7.75. The van der Waals surface area contributed by atoms with E-state index >= 15 is 0 Å². The van der Waals surface area contributed by atoms with Gasteiger partial charge in [0.1, 0.15) is 0 Å². The third-order valence-electron chi connectivity index (χ3n) is 2.88. The van der Waals surface area contributed by atoms with E-state index in [0.29, 0.717) is 30.1 Å². The van der Waals surface area contributed by atoms with Crippen molar-refractivity contribution in [1.82, 2.24) is 15.1 Å². The molecule has 0 unspecified atom stereocenters. The zero-order valence-electron chi connectivity index (χ0n) is 11.6. The van der Waals surface area contributed by atoms with Crippen molar-refractivity contribution in [3.63, 3.8) is 0 Å². The fourth-order valence-corrected chi connectivity index (χ4v) is 1.93. The first-order chi connectivity index (χ1) is 9.61. The number of nitrogens with one attached hydrogen (secondary N) is 1. The van der Waals surface area contributed by atoms with Crippen LogP contribution in [0.2, 0.25) is 0 Å². The van der Waals surface area contributed by atoms with Gasteiger partial charge in [0.25, 0.3) is 5.91 Å². The molecule has 0 aliphatic rings. The van der Waals surface area contributed by atoms with Gasteiger partial charge in [-0.05, 0) is 24.6 Å². The van der Waals surface area contributed by atoms with Gasteiger partial charge < -0.3 is 15.8 Å². The van der Waals surface area contributed by atoms with E-state index in [1.807, 2.05) is 13.1 Å². The number of rotatable bonds is 5. The van der Waals surface area contributed by atoms with E-state index in [4.69, 9.17) is 10.5 Å². The van der Waals surface area contributed by atoms with Crippen LogP contribution in [0, 0.1) is 6.92 Å². The van der Waals surface area contributed by atoms with Gasteiger partial charge in [0.2, 0.25) is 0 Å². The van der Waals surface area contributed by atoms with Crippen LogP contribution in [-0.2, 0) is 6.54 Å². The zero-order valence-corrected chi connectivity index (χ0v) is 11.6. The lowest BCUT2D eigenvalue weighted by molar-refractivity contribution is 0.0949. The van der Waals surface area contributed by atoms with E-state index < -0.39 is 0 Å². The molecule has 0 bridgehead atoms. The van der Waals surface area contributed by atoms with E-state index in [1.54, 1.807) is 29.1 Å². The minimum absolute atomic E-state index is 0.210. The third kappa shape index (κ3) is 3.09. The van der Waals surface area contributed by atoms with Crippen LogP contribution >= 0.6 is 0 Å². The highest BCUT2D eigenvalue weighted by Gasteiger charge is 2.13. The lowest BCUT2D eigenvalue weighted by Gasteiger charge is -2.11. The SMILES string of the molecule is COc1c(N)cccc1C(=O)NCCn1cc(C)cn1. The Kier molecular flexibility index (Phi) is 4.24. The molecular formula is C14H18N4O2. The molecule has 2 aromatic rings. The molecule has 2 rings (SSSR count). The Hall–Kier alpha value is -2.50. The summed E-state index contributed by atoms with van der Waals surface area (Å²) in [7, 11) is 1.50. The largest absolute Gasteiger partial charge is 0.494 e. The number of carbonyl (C=O) groups excluding carboxylic acids is 1. The second-order valence-corrected chi connectivity index (χ2v) is 4.46. The first-order valence-electron chi connectivity index (χ1n) is 6.31. The van der Waals surface area contributed by atoms with Crippen molar-refractivity contribution in [2.24, 2.45) is 0 Å². The lowest BCUT2D eigenvalue weighted by atomic mass is 10.1. The molecule has 0 atom stereocenters. The predicted molar refractivity (Wildman–Crippen MR) is 76.7 cm³/mol. The van der Waals surface area contributed by atoms with Gasteiger partial charge >= 0.3 is 0 Å². The second kappa shape index (κ2) is 6.10. The maximum absolute atomic E-state index is 12.1. The first-order valence-corrected chi connectivity index (χ1v) is 6.31. The highest BCUT2D eigenvalue weighted by atomic mass is 16.5. The van der Waals surface area contributed by atoms with Crippen molar-refractivity contribution in [2.75, 3.05) is 19.4 Å². The Labute approximate surface area is 117 Å². The molecule has 20 heavy (non-hydrogen) atoms. The summed E-state index contributed by atoms with van der Waals surface area (Å²) in [5.74, 6) is 0.193. The number of nitrogens with two attached hydrogens (primary N) is 1. The molecular weight excluding hydrogens is 256 g/mol. The van der Waals surface area contributed by atoms with Gasteiger partial charge in [-0.2, -0.15) is 5.10 Å². The van der Waals surface area contributed by atoms with Crippen LogP contribution in [0.25, 0.3) is 0 Å². The number of nitrogens with zero attached hydrogens (tertiary/aromatic N) is 2. The van der Waals surface area contributed by atoms with Gasteiger partial charge in [-0.3, -0.25) is 9.48 Å². The highest BCUT2D eigenvalue weighted by molar-refractivity contribution is 5.98. The summed E-state index contributed by atoms with van der Waals surface area (Å²) >= 11 is 0. The summed E-state index contributed by atoms with van der Waals surface area (Å²) in [6, 6.07) is 5.11. The van der Waals surface area contributed by atoms with Crippen molar-refractivity contribution in [2.45, 2.75) is 13.5 Å². The lowest BCUT2D eigenvalue weighted by Crippen LogP contribution is -2.27. The Bertz CT molecular complexity index is 607. The molecule has 0 saturated heterocycles. The van der Waals surface area contributed by atoms with Crippen molar-refractivity contribution in [3.05, 3.63) is 41.7 Å². The van der Waals surface area contributed by atoms with Gasteiger partial charge in [-0.15, -0.1) is 0 Å². The van der Waals surface area contributed by atoms with E-state index in [-0.39, 0.29) is 5.91 Å². The normalized spacial score (nSPS) is 10.3. The number of anilines is 1. The quantitative estimate of drug-likeness (QED) is 0.803. The number of amides is 1. The molecule has 1 aromatic carbocycles. The fraction of sp³-hybridized carbons (Fsp3) is 0.286. The number of carbonyl (C=O) groups is 1. The van der Waals surface area contributed by atoms with Crippen molar-refractivity contribution < 1.29 is 9.53 Å². The number of para-hydroxylation sites is 1. The molecule has 1 aromatic heterocycles. The van der Waals surface area contributed by atoms with E-state index in [0.717, 1.165) is 5.56 Å². The number of benzene rings is 1. The third-order valence-corrected chi connectivity index (χ3v) is 2.88. The van der Waals surface area contributed by atoms with E-state index in [9.17, 15) is 4.79 Å². The minimum atomic E-state index is -0.210. The van der Waals surface area contributed by atoms with E-state index in [2.05, 4.69) is 10.4 Å². The molecule has 6 nitrogen and oxygen atoms in total. The van der Waals surface area contributed by atoms with Gasteiger partial charge in [0.15, 0.2) is 5.75 Å². The summed E-state index contributed by atoms with van der Waals surface area (Å²) in [6.45, 7) is 3.07. The number of aryl methyl sites for hydroxylation is 1. The molecule has 0 aliphatic carbocycles. The van der Waals surface area contributed by atoms with Gasteiger partial charge in [-0.25, -0.2) is 0 Å². The smallest absolute Gasteiger partial charge is 0.255 e. The number of hydrogen-bond donors (Lipinski definition) is 2. The first kappa shape index (κ1) is 13.9. The van der Waals surface area contributed by atoms with Crippen LogP contribution in [0.1, 0.15) is 15.9 Å². The number of hydrogen-bond acceptors (Lipinski definition) is 4. The van der Waals surface area contributed by atoms with Crippen LogP contribution in [-0.4, -0.2) is 29.3 Å². The van der Waals surface area contributed by atoms with Gasteiger partial charge in [0.05, 0.1) is 31.1 Å². The Morgan fingerprint density at radius 2 is 2.30 bits per heavy atom. The average Bonchev–Trinajstić information content (AvgIpc) is 2.84. The Morgan fingerprint density at radius 3 is 2.95 bits per heavy atom.